The predicted octanol–water partition coefficient (Wildman–Crippen LogP) is 2.48. The van der Waals surface area contributed by atoms with E-state index < -0.39 is 0 Å². The van der Waals surface area contributed by atoms with Crippen LogP contribution in [0.15, 0.2) is 84.5 Å². The highest BCUT2D eigenvalue weighted by Gasteiger charge is 2.42. The molecule has 0 saturated carbocycles. The summed E-state index contributed by atoms with van der Waals surface area (Å²) in [6, 6.07) is 26.2. The zero-order chi connectivity index (χ0) is 16.1. The van der Waals surface area contributed by atoms with Crippen LogP contribution in [0.25, 0.3) is 0 Å². The minimum Gasteiger partial charge on any atom is -0.223 e. The number of benzene rings is 2. The summed E-state index contributed by atoms with van der Waals surface area (Å²) in [7, 11) is 0. The van der Waals surface area contributed by atoms with Crippen LogP contribution in [0.1, 0.15) is 5.69 Å². The number of fused-ring (bicyclic) bond motifs is 5. The molecule has 24 heavy (non-hydrogen) atoms. The normalized spacial score (nSPS) is 14.8. The third-order valence-electron chi connectivity index (χ3n) is 5.15. The van der Waals surface area contributed by atoms with Gasteiger partial charge in [0, 0.05) is 6.07 Å². The van der Waals surface area contributed by atoms with Gasteiger partial charge in [-0.3, -0.25) is 0 Å². The lowest BCUT2D eigenvalue weighted by Crippen LogP contribution is -2.46. The highest BCUT2D eigenvalue weighted by atomic mass is 15.3. The van der Waals surface area contributed by atoms with Crippen LogP contribution in [0, 0.1) is 6.92 Å². The molecule has 0 bridgehead atoms. The van der Waals surface area contributed by atoms with Gasteiger partial charge in [0.25, 0.3) is 5.82 Å². The second kappa shape index (κ2) is 5.10. The Hall–Kier alpha value is -2.81. The fraction of sp³-hybridized carbons (Fsp3) is 0.0952. The van der Waals surface area contributed by atoms with Gasteiger partial charge in [0.15, 0.2) is 6.54 Å². The Morgan fingerprint density at radius 1 is 0.875 bits per heavy atom. The highest BCUT2D eigenvalue weighted by molar-refractivity contribution is 6.90. The van der Waals surface area contributed by atoms with Crippen molar-refractivity contribution in [3.05, 3.63) is 90.2 Å². The number of aromatic nitrogens is 1. The van der Waals surface area contributed by atoms with Crippen molar-refractivity contribution in [2.24, 2.45) is 0 Å². The Morgan fingerprint density at radius 3 is 2.54 bits per heavy atom. The molecule has 0 N–H and O–H groups in total. The average molecular weight is 309 g/mol. The van der Waals surface area contributed by atoms with E-state index in [4.69, 9.17) is 0 Å². The number of rotatable bonds is 1. The maximum Gasteiger partial charge on any atom is 0.287 e. The number of para-hydroxylation sites is 1. The molecule has 0 amide bonds. The van der Waals surface area contributed by atoms with Gasteiger partial charge in [0.1, 0.15) is 17.1 Å². The molecule has 0 unspecified atom stereocenters. The fourth-order valence-corrected chi connectivity index (χ4v) is 3.99. The van der Waals surface area contributed by atoms with Crippen LogP contribution in [0.2, 0.25) is 0 Å². The number of nitrogens with zero attached hydrogens (tertiary/aromatic N) is 2. The first-order valence-corrected chi connectivity index (χ1v) is 8.47. The Labute approximate surface area is 142 Å². The average Bonchev–Trinajstić information content (AvgIpc) is 3.02. The van der Waals surface area contributed by atoms with E-state index in [2.05, 4.69) is 95.2 Å². The van der Waals surface area contributed by atoms with Gasteiger partial charge in [-0.05, 0) is 24.5 Å². The Balaban J connectivity index is 1.74. The van der Waals surface area contributed by atoms with Crippen LogP contribution in [0.3, 0.4) is 0 Å². The molecule has 2 aliphatic heterocycles. The maximum atomic E-state index is 2.43. The second-order valence-electron chi connectivity index (χ2n) is 6.55. The summed E-state index contributed by atoms with van der Waals surface area (Å²) >= 11 is 0. The summed E-state index contributed by atoms with van der Waals surface area (Å²) in [4.78, 5) is 2.42. The number of anilines is 2. The second-order valence-corrected chi connectivity index (χ2v) is 6.55. The molecular weight excluding hydrogens is 291 g/mol. The summed E-state index contributed by atoms with van der Waals surface area (Å²) in [6.07, 6.45) is 0. The molecule has 3 heterocycles. The molecule has 0 saturated heterocycles. The van der Waals surface area contributed by atoms with Crippen molar-refractivity contribution >= 4 is 29.1 Å². The standard InChI is InChI=1S/C21H18BN2/c1-16-8-7-13-21-23(16)15-18-14-22(17-9-3-2-4-10-17)19-11-5-6-12-20(19)24(18)21/h2-14H,15H2,1H3/q+1. The largest absolute Gasteiger partial charge is 0.287 e. The van der Waals surface area contributed by atoms with Crippen molar-refractivity contribution in [3.63, 3.8) is 0 Å². The molecule has 2 aromatic carbocycles. The molecule has 0 atom stereocenters. The molecule has 5 rings (SSSR count). The monoisotopic (exact) mass is 309 g/mol. The smallest absolute Gasteiger partial charge is 0.223 e. The van der Waals surface area contributed by atoms with Crippen LogP contribution in [-0.4, -0.2) is 6.71 Å². The Morgan fingerprint density at radius 2 is 1.67 bits per heavy atom. The number of allylic oxidation sites excluding steroid dienone is 1. The first kappa shape index (κ1) is 13.6. The van der Waals surface area contributed by atoms with Gasteiger partial charge in [-0.2, -0.15) is 4.90 Å². The molecule has 0 radical (unpaired) electrons. The van der Waals surface area contributed by atoms with Crippen molar-refractivity contribution in [3.8, 4) is 0 Å². The first-order valence-electron chi connectivity index (χ1n) is 8.47. The molecule has 2 nitrogen and oxygen atoms in total. The van der Waals surface area contributed by atoms with Gasteiger partial charge in [-0.15, -0.1) is 0 Å². The minimum absolute atomic E-state index is 0.323. The fourth-order valence-electron chi connectivity index (χ4n) is 3.99. The number of hydrogen-bond donors (Lipinski definition) is 0. The van der Waals surface area contributed by atoms with Gasteiger partial charge in [-0.1, -0.05) is 66.0 Å². The van der Waals surface area contributed by atoms with Crippen molar-refractivity contribution in [1.29, 1.82) is 0 Å². The first-order chi connectivity index (χ1) is 11.8. The van der Waals surface area contributed by atoms with Crippen molar-refractivity contribution < 1.29 is 4.57 Å². The highest BCUT2D eigenvalue weighted by Crippen LogP contribution is 2.34. The summed E-state index contributed by atoms with van der Waals surface area (Å²) in [5, 5.41) is 0. The molecule has 2 aliphatic rings. The van der Waals surface area contributed by atoms with Gasteiger partial charge in [-0.25, -0.2) is 4.57 Å². The lowest BCUT2D eigenvalue weighted by Gasteiger charge is -2.24. The maximum absolute atomic E-state index is 2.43. The van der Waals surface area contributed by atoms with Gasteiger partial charge in [0.2, 0.25) is 6.71 Å². The number of hydrogen-bond acceptors (Lipinski definition) is 1. The molecule has 0 fully saturated rings. The zero-order valence-electron chi connectivity index (χ0n) is 13.7. The molecule has 1 aromatic heterocycles. The molecular formula is C21H18BN2+. The van der Waals surface area contributed by atoms with E-state index in [-0.39, 0.29) is 0 Å². The summed E-state index contributed by atoms with van der Waals surface area (Å²) < 4.78 is 2.40. The summed E-state index contributed by atoms with van der Waals surface area (Å²) in [6.45, 7) is 3.45. The molecule has 3 heteroatoms. The van der Waals surface area contributed by atoms with Gasteiger partial charge in [0.05, 0.1) is 0 Å². The SMILES string of the molecule is Cc1cccc2[n+]1CC1=CB(c3ccccc3)c3ccccc3N12. The third kappa shape index (κ3) is 1.88. The quantitative estimate of drug-likeness (QED) is 0.495. The van der Waals surface area contributed by atoms with Crippen molar-refractivity contribution in [2.45, 2.75) is 13.5 Å². The number of pyridine rings is 1. The van der Waals surface area contributed by atoms with Gasteiger partial charge >= 0.3 is 0 Å². The van der Waals surface area contributed by atoms with E-state index in [1.54, 1.807) is 0 Å². The topological polar surface area (TPSA) is 7.12 Å². The molecule has 114 valence electrons. The zero-order valence-corrected chi connectivity index (χ0v) is 13.7. The number of aryl methyl sites for hydroxylation is 1. The Kier molecular flexibility index (Phi) is 2.89. The van der Waals surface area contributed by atoms with Crippen LogP contribution in [0.4, 0.5) is 11.5 Å². The van der Waals surface area contributed by atoms with Crippen molar-refractivity contribution in [1.82, 2.24) is 0 Å². The van der Waals surface area contributed by atoms with Crippen LogP contribution in [0.5, 0.6) is 0 Å². The van der Waals surface area contributed by atoms with Crippen LogP contribution in [-0.2, 0) is 6.54 Å². The Bertz CT molecular complexity index is 963. The lowest BCUT2D eigenvalue weighted by molar-refractivity contribution is -0.673. The molecule has 0 aliphatic carbocycles. The van der Waals surface area contributed by atoms with E-state index >= 15 is 0 Å². The van der Waals surface area contributed by atoms with Crippen LogP contribution >= 0.6 is 0 Å². The lowest BCUT2D eigenvalue weighted by atomic mass is 9.39. The van der Waals surface area contributed by atoms with Crippen molar-refractivity contribution in [2.75, 3.05) is 4.90 Å². The third-order valence-corrected chi connectivity index (χ3v) is 5.15. The van der Waals surface area contributed by atoms with E-state index in [1.165, 1.54) is 33.8 Å². The summed E-state index contributed by atoms with van der Waals surface area (Å²) in [5.41, 5.74) is 6.71. The minimum atomic E-state index is 0.323. The molecule has 3 aromatic rings. The van der Waals surface area contributed by atoms with E-state index in [0.29, 0.717) is 6.71 Å². The van der Waals surface area contributed by atoms with Crippen LogP contribution < -0.4 is 20.4 Å². The van der Waals surface area contributed by atoms with Gasteiger partial charge < -0.3 is 0 Å². The predicted molar refractivity (Wildman–Crippen MR) is 99.5 cm³/mol. The van der Waals surface area contributed by atoms with E-state index in [9.17, 15) is 0 Å². The van der Waals surface area contributed by atoms with E-state index in [0.717, 1.165) is 6.54 Å². The summed E-state index contributed by atoms with van der Waals surface area (Å²) in [5.74, 6) is 3.70. The van der Waals surface area contributed by atoms with E-state index in [1.807, 2.05) is 0 Å². The molecule has 0 spiro atoms.